The third-order valence-corrected chi connectivity index (χ3v) is 8.95. The van der Waals surface area contributed by atoms with Crippen LogP contribution in [0.15, 0.2) is 11.6 Å². The SMILES string of the molecule is CC1(C)C(=O)C(O)CC2C1=CCC1C2(C)C(=O)CC2(C)CC(=O)CC12C. The number of allylic oxidation sites excluding steroid dienone is 2. The molecule has 0 amide bonds. The predicted molar refractivity (Wildman–Crippen MR) is 97.3 cm³/mol. The van der Waals surface area contributed by atoms with Crippen LogP contribution in [0.1, 0.15) is 66.7 Å². The van der Waals surface area contributed by atoms with Gasteiger partial charge in [-0.2, -0.15) is 0 Å². The highest BCUT2D eigenvalue weighted by molar-refractivity contribution is 5.95. The lowest BCUT2D eigenvalue weighted by Crippen LogP contribution is -2.63. The van der Waals surface area contributed by atoms with E-state index in [1.165, 1.54) is 0 Å². The molecule has 6 atom stereocenters. The van der Waals surface area contributed by atoms with Gasteiger partial charge in [-0.25, -0.2) is 0 Å². The summed E-state index contributed by atoms with van der Waals surface area (Å²) >= 11 is 0. The second-order valence-corrected chi connectivity index (χ2v) is 10.5. The van der Waals surface area contributed by atoms with E-state index in [-0.39, 0.29) is 40.0 Å². The zero-order valence-corrected chi connectivity index (χ0v) is 16.5. The minimum absolute atomic E-state index is 0.0812. The molecule has 4 aliphatic carbocycles. The number of aliphatic hydroxyl groups excluding tert-OH is 1. The number of fused-ring (bicyclic) bond motifs is 5. The zero-order valence-electron chi connectivity index (χ0n) is 16.5. The van der Waals surface area contributed by atoms with Crippen LogP contribution in [-0.4, -0.2) is 28.6 Å². The number of Topliss-reactive ketones (excluding diaryl/α,β-unsaturated/α-hetero) is 3. The third kappa shape index (κ3) is 1.87. The van der Waals surface area contributed by atoms with Gasteiger partial charge in [0.05, 0.1) is 0 Å². The van der Waals surface area contributed by atoms with Crippen LogP contribution in [-0.2, 0) is 14.4 Å². The maximum Gasteiger partial charge on any atom is 0.170 e. The van der Waals surface area contributed by atoms with Crippen molar-refractivity contribution in [2.45, 2.75) is 72.8 Å². The average molecular weight is 358 g/mol. The van der Waals surface area contributed by atoms with Gasteiger partial charge in [-0.05, 0) is 49.4 Å². The topological polar surface area (TPSA) is 71.4 Å². The van der Waals surface area contributed by atoms with Crippen molar-refractivity contribution in [1.82, 2.24) is 0 Å². The number of carbonyl (C=O) groups is 3. The minimum Gasteiger partial charge on any atom is -0.385 e. The van der Waals surface area contributed by atoms with Crippen molar-refractivity contribution in [3.05, 3.63) is 11.6 Å². The number of aliphatic hydroxyl groups is 1. The van der Waals surface area contributed by atoms with E-state index in [1.54, 1.807) is 0 Å². The largest absolute Gasteiger partial charge is 0.385 e. The highest BCUT2D eigenvalue weighted by Crippen LogP contribution is 2.70. The molecule has 26 heavy (non-hydrogen) atoms. The molecule has 0 saturated heterocycles. The molecule has 142 valence electrons. The quantitative estimate of drug-likeness (QED) is 0.675. The zero-order chi connectivity index (χ0) is 19.3. The van der Waals surface area contributed by atoms with Crippen LogP contribution >= 0.6 is 0 Å². The van der Waals surface area contributed by atoms with Crippen LogP contribution < -0.4 is 0 Å². The van der Waals surface area contributed by atoms with Crippen LogP contribution in [0.25, 0.3) is 0 Å². The lowest BCUT2D eigenvalue weighted by molar-refractivity contribution is -0.168. The van der Waals surface area contributed by atoms with Crippen LogP contribution in [0, 0.1) is 33.5 Å². The summed E-state index contributed by atoms with van der Waals surface area (Å²) in [6.07, 6.45) is 3.67. The van der Waals surface area contributed by atoms with E-state index in [2.05, 4.69) is 19.9 Å². The van der Waals surface area contributed by atoms with E-state index in [9.17, 15) is 19.5 Å². The molecule has 0 heterocycles. The Bertz CT molecular complexity index is 762. The van der Waals surface area contributed by atoms with Crippen molar-refractivity contribution in [3.8, 4) is 0 Å². The first-order chi connectivity index (χ1) is 11.9. The summed E-state index contributed by atoms with van der Waals surface area (Å²) in [6, 6.07) is 0. The van der Waals surface area contributed by atoms with Crippen molar-refractivity contribution in [2.75, 3.05) is 0 Å². The number of carbonyl (C=O) groups excluding carboxylic acids is 3. The Hall–Kier alpha value is -1.29. The van der Waals surface area contributed by atoms with E-state index in [1.807, 2.05) is 20.8 Å². The number of hydrogen-bond donors (Lipinski definition) is 1. The Labute approximate surface area is 155 Å². The van der Waals surface area contributed by atoms with E-state index >= 15 is 0 Å². The highest BCUT2D eigenvalue weighted by Gasteiger charge is 2.69. The summed E-state index contributed by atoms with van der Waals surface area (Å²) in [5, 5.41) is 10.4. The second-order valence-electron chi connectivity index (χ2n) is 10.5. The fourth-order valence-electron chi connectivity index (χ4n) is 7.14. The molecule has 0 radical (unpaired) electrons. The van der Waals surface area contributed by atoms with Gasteiger partial charge in [-0.3, -0.25) is 14.4 Å². The van der Waals surface area contributed by atoms with Gasteiger partial charge in [0, 0.05) is 30.1 Å². The maximum atomic E-state index is 13.5. The molecule has 0 aromatic heterocycles. The van der Waals surface area contributed by atoms with Gasteiger partial charge in [-0.1, -0.05) is 32.4 Å². The molecular formula is C22H30O4. The summed E-state index contributed by atoms with van der Waals surface area (Å²) in [4.78, 5) is 38.4. The second kappa shape index (κ2) is 4.95. The highest BCUT2D eigenvalue weighted by atomic mass is 16.3. The van der Waals surface area contributed by atoms with Crippen LogP contribution in [0.2, 0.25) is 0 Å². The first-order valence-electron chi connectivity index (χ1n) is 9.86. The fraction of sp³-hybridized carbons (Fsp3) is 0.773. The summed E-state index contributed by atoms with van der Waals surface area (Å²) < 4.78 is 0. The van der Waals surface area contributed by atoms with Gasteiger partial charge in [0.1, 0.15) is 17.7 Å². The van der Waals surface area contributed by atoms with Gasteiger partial charge in [-0.15, -0.1) is 0 Å². The van der Waals surface area contributed by atoms with Gasteiger partial charge >= 0.3 is 0 Å². The predicted octanol–water partition coefficient (Wildman–Crippen LogP) is 3.26. The summed E-state index contributed by atoms with van der Waals surface area (Å²) in [5.41, 5.74) is -0.789. The Morgan fingerprint density at radius 3 is 2.31 bits per heavy atom. The number of ketones is 3. The Balaban J connectivity index is 1.88. The Kier molecular flexibility index (Phi) is 3.44. The molecule has 4 aliphatic rings. The van der Waals surface area contributed by atoms with Gasteiger partial charge in [0.25, 0.3) is 0 Å². The van der Waals surface area contributed by atoms with Crippen molar-refractivity contribution in [2.24, 2.45) is 33.5 Å². The summed E-state index contributed by atoms with van der Waals surface area (Å²) in [6.45, 7) is 10.1. The first kappa shape index (κ1) is 18.1. The molecule has 0 aliphatic heterocycles. The molecule has 0 aromatic carbocycles. The Morgan fingerprint density at radius 2 is 1.65 bits per heavy atom. The van der Waals surface area contributed by atoms with Crippen LogP contribution in [0.3, 0.4) is 0 Å². The van der Waals surface area contributed by atoms with E-state index in [0.29, 0.717) is 25.7 Å². The third-order valence-electron chi connectivity index (χ3n) is 8.95. The summed E-state index contributed by atoms with van der Waals surface area (Å²) in [7, 11) is 0. The van der Waals surface area contributed by atoms with Crippen molar-refractivity contribution >= 4 is 17.3 Å². The lowest BCUT2D eigenvalue weighted by atomic mass is 9.39. The normalized spacial score (nSPS) is 50.0. The molecule has 0 spiro atoms. The van der Waals surface area contributed by atoms with Gasteiger partial charge in [0.15, 0.2) is 5.78 Å². The average Bonchev–Trinajstić information content (AvgIpc) is 2.75. The minimum atomic E-state index is -1.01. The monoisotopic (exact) mass is 358 g/mol. The smallest absolute Gasteiger partial charge is 0.170 e. The number of rotatable bonds is 0. The van der Waals surface area contributed by atoms with Crippen molar-refractivity contribution in [1.29, 1.82) is 0 Å². The lowest BCUT2D eigenvalue weighted by Gasteiger charge is -2.63. The van der Waals surface area contributed by atoms with Crippen molar-refractivity contribution < 1.29 is 19.5 Å². The van der Waals surface area contributed by atoms with E-state index in [4.69, 9.17) is 0 Å². The van der Waals surface area contributed by atoms with E-state index < -0.39 is 16.9 Å². The molecule has 0 bridgehead atoms. The molecular weight excluding hydrogens is 328 g/mol. The molecule has 3 fully saturated rings. The molecule has 6 unspecified atom stereocenters. The number of hydrogen-bond acceptors (Lipinski definition) is 4. The Morgan fingerprint density at radius 1 is 1.00 bits per heavy atom. The molecule has 3 saturated carbocycles. The van der Waals surface area contributed by atoms with Crippen molar-refractivity contribution in [3.63, 3.8) is 0 Å². The first-order valence-corrected chi connectivity index (χ1v) is 9.86. The van der Waals surface area contributed by atoms with E-state index in [0.717, 1.165) is 12.0 Å². The van der Waals surface area contributed by atoms with Crippen LogP contribution in [0.5, 0.6) is 0 Å². The molecule has 1 N–H and O–H groups in total. The van der Waals surface area contributed by atoms with Gasteiger partial charge < -0.3 is 5.11 Å². The van der Waals surface area contributed by atoms with Crippen LogP contribution in [0.4, 0.5) is 0 Å². The molecule has 0 aromatic rings. The fourth-order valence-corrected chi connectivity index (χ4v) is 7.14. The maximum absolute atomic E-state index is 13.5. The summed E-state index contributed by atoms with van der Waals surface area (Å²) in [5.74, 6) is 0.301. The molecule has 4 heteroatoms. The standard InChI is InChI=1S/C22H30O4/c1-19(2)13-6-7-16-21(4)10-12(23)9-20(21,3)11-17(25)22(16,5)14(13)8-15(24)18(19)26/h6,14-16,24H,7-11H2,1-5H3. The molecule has 4 nitrogen and oxygen atoms in total. The molecule has 4 rings (SSSR count). The van der Waals surface area contributed by atoms with Gasteiger partial charge in [0.2, 0.25) is 0 Å².